The molecule has 2 aromatic carbocycles. The highest BCUT2D eigenvalue weighted by Crippen LogP contribution is 2.24. The molecular weight excluding hydrogens is 418 g/mol. The summed E-state index contributed by atoms with van der Waals surface area (Å²) < 4.78 is 7.27. The molecule has 1 aliphatic heterocycles. The van der Waals surface area contributed by atoms with Gasteiger partial charge in [0.25, 0.3) is 5.56 Å². The van der Waals surface area contributed by atoms with E-state index in [9.17, 15) is 14.4 Å². The Morgan fingerprint density at radius 3 is 2.76 bits per heavy atom. The minimum atomic E-state index is -0.961. The molecule has 2 aromatic heterocycles. The van der Waals surface area contributed by atoms with Crippen LogP contribution < -0.4 is 5.56 Å². The molecule has 7 heteroatoms. The lowest BCUT2D eigenvalue weighted by Gasteiger charge is -2.14. The normalized spacial score (nSPS) is 14.6. The van der Waals surface area contributed by atoms with Crippen molar-refractivity contribution in [3.05, 3.63) is 75.5 Å². The van der Waals surface area contributed by atoms with Crippen LogP contribution in [-0.4, -0.2) is 32.4 Å². The summed E-state index contributed by atoms with van der Waals surface area (Å²) in [6.45, 7) is 4.08. The Morgan fingerprint density at radius 1 is 1.09 bits per heavy atom. The Labute approximate surface area is 190 Å². The van der Waals surface area contributed by atoms with Crippen LogP contribution in [0.25, 0.3) is 21.8 Å². The first-order valence-electron chi connectivity index (χ1n) is 11.3. The van der Waals surface area contributed by atoms with Gasteiger partial charge in [-0.05, 0) is 51.0 Å². The number of aryl methyl sites for hydroxylation is 2. The molecule has 1 N–H and O–H groups in total. The lowest BCUT2D eigenvalue weighted by molar-refractivity contribution is 0.0319. The molecule has 0 spiro atoms. The highest BCUT2D eigenvalue weighted by Gasteiger charge is 2.25. The molecule has 7 nitrogen and oxygen atoms in total. The van der Waals surface area contributed by atoms with Crippen molar-refractivity contribution in [1.82, 2.24) is 14.5 Å². The first kappa shape index (κ1) is 21.1. The number of rotatable bonds is 4. The van der Waals surface area contributed by atoms with E-state index in [0.29, 0.717) is 23.0 Å². The molecule has 5 rings (SSSR count). The summed E-state index contributed by atoms with van der Waals surface area (Å²) >= 11 is 0. The maximum atomic E-state index is 13.1. The minimum absolute atomic E-state index is 0.0739. The summed E-state index contributed by atoms with van der Waals surface area (Å²) in [6.07, 6.45) is 2.81. The van der Waals surface area contributed by atoms with Gasteiger partial charge in [-0.25, -0.2) is 9.78 Å². The first-order chi connectivity index (χ1) is 15.9. The van der Waals surface area contributed by atoms with E-state index in [1.165, 1.54) is 0 Å². The number of nitrogens with one attached hydrogen (secondary N) is 1. The number of ketones is 1. The van der Waals surface area contributed by atoms with Crippen LogP contribution in [0.1, 0.15) is 58.4 Å². The topological polar surface area (TPSA) is 94.0 Å². The van der Waals surface area contributed by atoms with Gasteiger partial charge in [0.15, 0.2) is 6.10 Å². The van der Waals surface area contributed by atoms with Crippen molar-refractivity contribution in [3.8, 4) is 0 Å². The third kappa shape index (κ3) is 3.73. The van der Waals surface area contributed by atoms with Crippen LogP contribution in [0.4, 0.5) is 0 Å². The van der Waals surface area contributed by atoms with Crippen molar-refractivity contribution < 1.29 is 14.3 Å². The number of nitrogens with zero attached hydrogens (tertiary/aromatic N) is 2. The molecule has 0 saturated heterocycles. The molecule has 0 saturated carbocycles. The Kier molecular flexibility index (Phi) is 5.32. The largest absolute Gasteiger partial charge is 0.451 e. The number of fused-ring (bicyclic) bond motifs is 3. The Morgan fingerprint density at radius 2 is 1.91 bits per heavy atom. The van der Waals surface area contributed by atoms with Crippen molar-refractivity contribution in [1.29, 1.82) is 0 Å². The van der Waals surface area contributed by atoms with E-state index in [0.717, 1.165) is 48.1 Å². The second kappa shape index (κ2) is 8.31. The molecule has 0 amide bonds. The highest BCUT2D eigenvalue weighted by atomic mass is 16.5. The number of carbonyl (C=O) groups excluding carboxylic acids is 2. The van der Waals surface area contributed by atoms with Crippen LogP contribution in [-0.2, 0) is 17.7 Å². The van der Waals surface area contributed by atoms with Gasteiger partial charge in [0.05, 0.1) is 16.5 Å². The van der Waals surface area contributed by atoms with Gasteiger partial charge in [0, 0.05) is 35.1 Å². The quantitative estimate of drug-likeness (QED) is 0.374. The molecule has 4 aromatic rings. The molecule has 0 fully saturated rings. The second-order valence-electron chi connectivity index (χ2n) is 8.61. The molecule has 0 aliphatic carbocycles. The summed E-state index contributed by atoms with van der Waals surface area (Å²) in [5.41, 5.74) is 2.80. The van der Waals surface area contributed by atoms with Crippen LogP contribution in [0.15, 0.2) is 47.3 Å². The highest BCUT2D eigenvalue weighted by molar-refractivity contribution is 6.11. The number of esters is 1. The number of aromatic amines is 1. The van der Waals surface area contributed by atoms with Gasteiger partial charge in [-0.15, -0.1) is 0 Å². The fraction of sp³-hybridized carbons (Fsp3) is 0.308. The second-order valence-corrected chi connectivity index (χ2v) is 8.61. The van der Waals surface area contributed by atoms with Gasteiger partial charge >= 0.3 is 5.97 Å². The van der Waals surface area contributed by atoms with Crippen molar-refractivity contribution in [3.63, 3.8) is 0 Å². The van der Waals surface area contributed by atoms with Gasteiger partial charge in [-0.2, -0.15) is 0 Å². The molecule has 1 atom stereocenters. The molecule has 0 radical (unpaired) electrons. The van der Waals surface area contributed by atoms with E-state index in [1.807, 2.05) is 31.2 Å². The number of carbonyl (C=O) groups is 2. The molecule has 0 bridgehead atoms. The number of aromatic nitrogens is 3. The van der Waals surface area contributed by atoms with Gasteiger partial charge in [-0.3, -0.25) is 14.2 Å². The van der Waals surface area contributed by atoms with Gasteiger partial charge in [0.1, 0.15) is 5.82 Å². The standard InChI is InChI=1S/C26H25N3O4/c1-15-23(18-8-5-6-9-20(18)27-15)24(30)16(2)33-26(32)17-11-12-19-21(14-17)28-22-10-4-3-7-13-29(22)25(19)31/h5-6,8-9,11-12,14,16,27H,3-4,7,10,13H2,1-2H3. The zero-order valence-electron chi connectivity index (χ0n) is 18.7. The fourth-order valence-corrected chi connectivity index (χ4v) is 4.62. The zero-order valence-corrected chi connectivity index (χ0v) is 18.7. The molecule has 33 heavy (non-hydrogen) atoms. The van der Waals surface area contributed by atoms with E-state index in [2.05, 4.69) is 9.97 Å². The average Bonchev–Trinajstić information content (AvgIpc) is 2.97. The van der Waals surface area contributed by atoms with E-state index >= 15 is 0 Å². The average molecular weight is 444 g/mol. The maximum absolute atomic E-state index is 13.1. The van der Waals surface area contributed by atoms with Crippen LogP contribution >= 0.6 is 0 Å². The summed E-state index contributed by atoms with van der Waals surface area (Å²) in [6, 6.07) is 12.3. The maximum Gasteiger partial charge on any atom is 0.338 e. The van der Waals surface area contributed by atoms with E-state index < -0.39 is 12.1 Å². The summed E-state index contributed by atoms with van der Waals surface area (Å²) in [5, 5.41) is 1.29. The van der Waals surface area contributed by atoms with Gasteiger partial charge in [-0.1, -0.05) is 24.6 Å². The number of benzene rings is 2. The smallest absolute Gasteiger partial charge is 0.338 e. The monoisotopic (exact) mass is 443 g/mol. The third-order valence-electron chi connectivity index (χ3n) is 6.35. The van der Waals surface area contributed by atoms with Crippen molar-refractivity contribution in [2.75, 3.05) is 0 Å². The molecule has 168 valence electrons. The van der Waals surface area contributed by atoms with Gasteiger partial charge < -0.3 is 9.72 Å². The zero-order chi connectivity index (χ0) is 23.1. The molecule has 3 heterocycles. The number of para-hydroxylation sites is 1. The number of hydrogen-bond acceptors (Lipinski definition) is 5. The molecular formula is C26H25N3O4. The van der Waals surface area contributed by atoms with Gasteiger partial charge in [0.2, 0.25) is 5.78 Å². The van der Waals surface area contributed by atoms with E-state index in [4.69, 9.17) is 4.74 Å². The van der Waals surface area contributed by atoms with Crippen LogP contribution in [0.5, 0.6) is 0 Å². The number of H-pyrrole nitrogens is 1. The predicted molar refractivity (Wildman–Crippen MR) is 126 cm³/mol. The fourth-order valence-electron chi connectivity index (χ4n) is 4.62. The van der Waals surface area contributed by atoms with Crippen molar-refractivity contribution >= 4 is 33.6 Å². The van der Waals surface area contributed by atoms with Crippen LogP contribution in [0, 0.1) is 6.92 Å². The summed E-state index contributed by atoms with van der Waals surface area (Å²) in [5.74, 6) is -0.123. The minimum Gasteiger partial charge on any atom is -0.451 e. The van der Waals surface area contributed by atoms with E-state index in [1.54, 1.807) is 29.7 Å². The summed E-state index contributed by atoms with van der Waals surface area (Å²) in [4.78, 5) is 46.7. The van der Waals surface area contributed by atoms with Crippen LogP contribution in [0.3, 0.4) is 0 Å². The number of ether oxygens (including phenoxy) is 1. The van der Waals surface area contributed by atoms with Crippen LogP contribution in [0.2, 0.25) is 0 Å². The SMILES string of the molecule is Cc1[nH]c2ccccc2c1C(=O)C(C)OC(=O)c1ccc2c(=O)n3c(nc2c1)CCCCC3. The Bertz CT molecular complexity index is 1460. The molecule has 1 aliphatic rings. The third-order valence-corrected chi connectivity index (χ3v) is 6.35. The van der Waals surface area contributed by atoms with Crippen molar-refractivity contribution in [2.24, 2.45) is 0 Å². The number of hydrogen-bond donors (Lipinski definition) is 1. The molecule has 1 unspecified atom stereocenters. The lowest BCUT2D eigenvalue weighted by Crippen LogP contribution is -2.26. The lowest BCUT2D eigenvalue weighted by atomic mass is 10.0. The predicted octanol–water partition coefficient (Wildman–Crippen LogP) is 4.34. The van der Waals surface area contributed by atoms with Crippen molar-refractivity contribution in [2.45, 2.75) is 52.2 Å². The Hall–Kier alpha value is -3.74. The first-order valence-corrected chi connectivity index (χ1v) is 11.3. The summed E-state index contributed by atoms with van der Waals surface area (Å²) in [7, 11) is 0. The number of Topliss-reactive ketones (excluding diaryl/α,β-unsaturated/α-hetero) is 1. The Balaban J connectivity index is 1.42. The van der Waals surface area contributed by atoms with E-state index in [-0.39, 0.29) is 16.9 Å².